The fourth-order valence-electron chi connectivity index (χ4n) is 3.64. The molecule has 13 heteroatoms. The maximum absolute atomic E-state index is 11.6. The van der Waals surface area contributed by atoms with E-state index in [1.54, 1.807) is 24.3 Å². The van der Waals surface area contributed by atoms with Gasteiger partial charge in [0.25, 0.3) is 0 Å². The zero-order valence-corrected chi connectivity index (χ0v) is 18.7. The molecule has 1 unspecified atom stereocenters. The Hall–Kier alpha value is -3.28. The van der Waals surface area contributed by atoms with Gasteiger partial charge in [0.2, 0.25) is 5.91 Å². The number of nitrogens with zero attached hydrogens (tertiary/aromatic N) is 3. The molecule has 12 nitrogen and oxygen atoms in total. The average molecular weight is 480 g/mol. The van der Waals surface area contributed by atoms with Crippen LogP contribution in [0.2, 0.25) is 0 Å². The second kappa shape index (κ2) is 12.1. The molecule has 1 aliphatic rings. The zero-order chi connectivity index (χ0) is 24.5. The van der Waals surface area contributed by atoms with Crippen molar-refractivity contribution < 1.29 is 38.9 Å². The van der Waals surface area contributed by atoms with Gasteiger partial charge in [-0.15, -0.1) is 0 Å². The highest BCUT2D eigenvalue weighted by molar-refractivity contribution is 7.99. The fourth-order valence-corrected chi connectivity index (χ4v) is 4.89. The number of azide groups is 1. The van der Waals surface area contributed by atoms with E-state index in [1.165, 1.54) is 13.8 Å². The lowest BCUT2D eigenvalue weighted by atomic mass is 9.79. The molecule has 1 saturated heterocycles. The van der Waals surface area contributed by atoms with Crippen molar-refractivity contribution in [2.24, 2.45) is 17.0 Å². The molecule has 33 heavy (non-hydrogen) atoms. The number of carboxylic acids is 2. The topological polar surface area (TPSA) is 188 Å². The highest BCUT2D eigenvalue weighted by atomic mass is 32.2. The Labute approximate surface area is 193 Å². The monoisotopic (exact) mass is 480 g/mol. The molecular formula is C20H24N4O8S. The molecule has 0 bridgehead atoms. The van der Waals surface area contributed by atoms with Crippen LogP contribution in [-0.4, -0.2) is 58.2 Å². The van der Waals surface area contributed by atoms with Crippen molar-refractivity contribution in [1.82, 2.24) is 0 Å². The van der Waals surface area contributed by atoms with Crippen LogP contribution in [0.15, 0.2) is 34.3 Å². The van der Waals surface area contributed by atoms with Crippen LogP contribution in [0.3, 0.4) is 0 Å². The van der Waals surface area contributed by atoms with Crippen LogP contribution in [0.1, 0.15) is 26.7 Å². The van der Waals surface area contributed by atoms with Crippen molar-refractivity contribution in [3.63, 3.8) is 0 Å². The van der Waals surface area contributed by atoms with Crippen LogP contribution in [0.5, 0.6) is 0 Å². The predicted molar refractivity (Wildman–Crippen MR) is 116 cm³/mol. The molecule has 1 aromatic rings. The number of carboxylic acid groups (broad SMARTS) is 2. The molecule has 5 atom stereocenters. The molecular weight excluding hydrogens is 456 g/mol. The molecule has 3 N–H and O–H groups in total. The van der Waals surface area contributed by atoms with E-state index in [2.05, 4.69) is 15.3 Å². The number of carbonyl (C=O) groups excluding carboxylic acids is 2. The van der Waals surface area contributed by atoms with Crippen molar-refractivity contribution in [3.05, 3.63) is 34.7 Å². The Morgan fingerprint density at radius 1 is 1.18 bits per heavy atom. The third kappa shape index (κ3) is 7.97. The van der Waals surface area contributed by atoms with Gasteiger partial charge < -0.3 is 25.0 Å². The number of carbonyl (C=O) groups is 4. The van der Waals surface area contributed by atoms with Gasteiger partial charge in [0, 0.05) is 41.2 Å². The highest BCUT2D eigenvalue weighted by Gasteiger charge is 2.47. The number of hydrogen-bond acceptors (Lipinski definition) is 8. The summed E-state index contributed by atoms with van der Waals surface area (Å²) in [7, 11) is 0. The van der Waals surface area contributed by atoms with E-state index in [0.717, 1.165) is 11.8 Å². The maximum Gasteiger partial charge on any atom is 0.303 e. The number of amides is 1. The fraction of sp³-hybridized carbons (Fsp3) is 0.500. The molecule has 0 aliphatic carbocycles. The number of rotatable bonds is 10. The van der Waals surface area contributed by atoms with Crippen molar-refractivity contribution in [1.29, 1.82) is 0 Å². The van der Waals surface area contributed by atoms with Crippen LogP contribution in [0.25, 0.3) is 10.4 Å². The average Bonchev–Trinajstić information content (AvgIpc) is 2.70. The lowest BCUT2D eigenvalue weighted by molar-refractivity contribution is -0.160. The molecule has 1 aromatic carbocycles. The van der Waals surface area contributed by atoms with Gasteiger partial charge in [0.15, 0.2) is 0 Å². The zero-order valence-electron chi connectivity index (χ0n) is 17.9. The first-order chi connectivity index (χ1) is 15.6. The second-order valence-corrected chi connectivity index (χ2v) is 8.56. The van der Waals surface area contributed by atoms with Gasteiger partial charge >= 0.3 is 17.9 Å². The standard InChI is InChI=1S/C20H24N4O8S/c1-10(25)22-12-4-3-5-13(6-12)33-20-15(8-18(29)30)19(23-24-21)14(7-17(27)28)16(32-20)9-31-11(2)26/h3-6,14-16,19-20H,7-9H2,1-2H3,(H,22,25)(H,27,28)(H,29,30)/t14-,15+,16-,19-,20?/m0/s1. The van der Waals surface area contributed by atoms with Gasteiger partial charge in [-0.25, -0.2) is 0 Å². The van der Waals surface area contributed by atoms with E-state index < -0.39 is 60.2 Å². The van der Waals surface area contributed by atoms with Crippen molar-refractivity contribution in [3.8, 4) is 0 Å². The number of thioether (sulfide) groups is 1. The van der Waals surface area contributed by atoms with E-state index in [-0.39, 0.29) is 12.5 Å². The number of benzene rings is 1. The highest BCUT2D eigenvalue weighted by Crippen LogP contribution is 2.43. The molecule has 2 rings (SSSR count). The minimum absolute atomic E-state index is 0.267. The summed E-state index contributed by atoms with van der Waals surface area (Å²) in [6, 6.07) is 5.73. The van der Waals surface area contributed by atoms with Crippen molar-refractivity contribution in [2.75, 3.05) is 11.9 Å². The van der Waals surface area contributed by atoms with Gasteiger partial charge in [-0.2, -0.15) is 0 Å². The van der Waals surface area contributed by atoms with Crippen molar-refractivity contribution in [2.45, 2.75) is 49.2 Å². The molecule has 178 valence electrons. The Kier molecular flexibility index (Phi) is 9.52. The molecule has 0 spiro atoms. The first kappa shape index (κ1) is 26.0. The third-order valence-electron chi connectivity index (χ3n) is 4.88. The molecule has 0 aromatic heterocycles. The maximum atomic E-state index is 11.6. The van der Waals surface area contributed by atoms with Crippen LogP contribution < -0.4 is 5.32 Å². The Morgan fingerprint density at radius 3 is 2.42 bits per heavy atom. The van der Waals surface area contributed by atoms with Crippen LogP contribution in [0, 0.1) is 11.8 Å². The number of aliphatic carboxylic acids is 2. The summed E-state index contributed by atoms with van der Waals surface area (Å²) in [6.07, 6.45) is -1.86. The predicted octanol–water partition coefficient (Wildman–Crippen LogP) is 2.89. The van der Waals surface area contributed by atoms with Crippen molar-refractivity contribution >= 4 is 41.3 Å². The van der Waals surface area contributed by atoms with Gasteiger partial charge in [0.05, 0.1) is 25.0 Å². The minimum Gasteiger partial charge on any atom is -0.481 e. The number of ether oxygens (including phenoxy) is 2. The lowest BCUT2D eigenvalue weighted by Crippen LogP contribution is -2.52. The SMILES string of the molecule is CC(=O)Nc1cccc(SC2O[C@@H](COC(C)=O)[C@H](CC(=O)O)[C@H](N=[N+]=[N-])[C@H]2CC(=O)O)c1. The summed E-state index contributed by atoms with van der Waals surface area (Å²) >= 11 is 1.14. The smallest absolute Gasteiger partial charge is 0.303 e. The third-order valence-corrected chi connectivity index (χ3v) is 6.10. The van der Waals surface area contributed by atoms with Gasteiger partial charge in [0.1, 0.15) is 12.0 Å². The molecule has 1 fully saturated rings. The van der Waals surface area contributed by atoms with Crippen LogP contribution >= 0.6 is 11.8 Å². The summed E-state index contributed by atoms with van der Waals surface area (Å²) in [5.74, 6) is -5.02. The molecule has 0 saturated carbocycles. The van der Waals surface area contributed by atoms with Gasteiger partial charge in [-0.3, -0.25) is 19.2 Å². The molecule has 1 amide bonds. The second-order valence-electron chi connectivity index (χ2n) is 7.39. The lowest BCUT2D eigenvalue weighted by Gasteiger charge is -2.44. The van der Waals surface area contributed by atoms with E-state index in [4.69, 9.17) is 15.0 Å². The summed E-state index contributed by atoms with van der Waals surface area (Å²) in [5, 5.41) is 25.2. The molecule has 0 radical (unpaired) electrons. The normalized spacial score (nSPS) is 24.2. The Morgan fingerprint density at radius 2 is 1.85 bits per heavy atom. The first-order valence-electron chi connectivity index (χ1n) is 9.91. The molecule has 1 heterocycles. The Balaban J connectivity index is 2.43. The summed E-state index contributed by atoms with van der Waals surface area (Å²) in [5.41, 5.74) is 8.77. The summed E-state index contributed by atoms with van der Waals surface area (Å²) in [4.78, 5) is 49.2. The number of esters is 1. The minimum atomic E-state index is -1.20. The largest absolute Gasteiger partial charge is 0.481 e. The Bertz CT molecular complexity index is 952. The van der Waals surface area contributed by atoms with E-state index >= 15 is 0 Å². The first-order valence-corrected chi connectivity index (χ1v) is 10.8. The summed E-state index contributed by atoms with van der Waals surface area (Å²) < 4.78 is 11.1. The number of hydrogen-bond donors (Lipinski definition) is 3. The number of anilines is 1. The quantitative estimate of drug-likeness (QED) is 0.196. The van der Waals surface area contributed by atoms with Crippen LogP contribution in [-0.2, 0) is 28.7 Å². The summed E-state index contributed by atoms with van der Waals surface area (Å²) in [6.45, 7) is 2.26. The molecule has 1 aliphatic heterocycles. The van der Waals surface area contributed by atoms with Gasteiger partial charge in [-0.05, 0) is 23.7 Å². The number of nitrogens with one attached hydrogen (secondary N) is 1. The van der Waals surface area contributed by atoms with E-state index in [9.17, 15) is 29.4 Å². The van der Waals surface area contributed by atoms with E-state index in [0.29, 0.717) is 10.6 Å². The van der Waals surface area contributed by atoms with Crippen LogP contribution in [0.4, 0.5) is 5.69 Å². The van der Waals surface area contributed by atoms with E-state index in [1.807, 2.05) is 0 Å². The van der Waals surface area contributed by atoms with Gasteiger partial charge in [-0.1, -0.05) is 22.9 Å².